The van der Waals surface area contributed by atoms with Gasteiger partial charge in [-0.2, -0.15) is 0 Å². The van der Waals surface area contributed by atoms with Crippen LogP contribution < -0.4 is 16.0 Å². The van der Waals surface area contributed by atoms with Gasteiger partial charge in [-0.05, 0) is 57.0 Å². The molecule has 2 fully saturated rings. The third-order valence-corrected chi connectivity index (χ3v) is 5.03. The van der Waals surface area contributed by atoms with Crippen LogP contribution in [0.5, 0.6) is 0 Å². The molecule has 0 aromatic heterocycles. The van der Waals surface area contributed by atoms with Gasteiger partial charge in [0.25, 0.3) is 0 Å². The Balaban J connectivity index is 1.43. The number of carbonyl (C=O) groups excluding carboxylic acids is 2. The highest BCUT2D eigenvalue weighted by atomic mass is 16.2. The Morgan fingerprint density at radius 1 is 1.00 bits per heavy atom. The van der Waals surface area contributed by atoms with Crippen LogP contribution in [0.3, 0.4) is 0 Å². The lowest BCUT2D eigenvalue weighted by atomic mass is 10.1. The van der Waals surface area contributed by atoms with Crippen molar-refractivity contribution in [2.24, 2.45) is 5.92 Å². The van der Waals surface area contributed by atoms with Crippen molar-refractivity contribution in [2.75, 3.05) is 36.8 Å². The molecule has 2 aliphatic rings. The first-order chi connectivity index (χ1) is 12.2. The number of amides is 3. The highest BCUT2D eigenvalue weighted by molar-refractivity contribution is 5.94. The summed E-state index contributed by atoms with van der Waals surface area (Å²) in [6, 6.07) is 7.10. The van der Waals surface area contributed by atoms with Gasteiger partial charge in [-0.15, -0.1) is 0 Å². The first kappa shape index (κ1) is 17.7. The second-order valence-corrected chi connectivity index (χ2v) is 6.98. The van der Waals surface area contributed by atoms with Gasteiger partial charge in [-0.1, -0.05) is 18.9 Å². The fraction of sp³-hybridized carbons (Fsp3) is 0.579. The van der Waals surface area contributed by atoms with E-state index in [9.17, 15) is 9.59 Å². The molecule has 0 radical (unpaired) electrons. The number of anilines is 2. The molecule has 3 amide bonds. The van der Waals surface area contributed by atoms with Crippen molar-refractivity contribution in [1.29, 1.82) is 0 Å². The van der Waals surface area contributed by atoms with Gasteiger partial charge >= 0.3 is 6.03 Å². The number of nitrogens with zero attached hydrogens (tertiary/aromatic N) is 1. The first-order valence-corrected chi connectivity index (χ1v) is 9.39. The molecule has 1 aliphatic heterocycles. The standard InChI is InChI=1S/C19H28N4O2/c24-18(15-6-1-2-7-15)21-16-8-5-9-17(14-16)22-19(25)20-10-13-23-11-3-4-12-23/h5,8-9,14-15H,1-4,6-7,10-13H2,(H,21,24)(H2,20,22,25). The molecule has 1 saturated carbocycles. The molecule has 0 spiro atoms. The molecule has 1 saturated heterocycles. The third kappa shape index (κ3) is 5.46. The van der Waals surface area contributed by atoms with Gasteiger partial charge < -0.3 is 20.9 Å². The topological polar surface area (TPSA) is 73.5 Å². The molecule has 1 heterocycles. The Morgan fingerprint density at radius 2 is 1.68 bits per heavy atom. The number of carbonyl (C=O) groups is 2. The molecule has 3 N–H and O–H groups in total. The molecule has 3 rings (SSSR count). The summed E-state index contributed by atoms with van der Waals surface area (Å²) in [6.07, 6.45) is 6.73. The highest BCUT2D eigenvalue weighted by Gasteiger charge is 2.22. The molecule has 1 aliphatic carbocycles. The summed E-state index contributed by atoms with van der Waals surface area (Å²) < 4.78 is 0. The largest absolute Gasteiger partial charge is 0.337 e. The zero-order chi connectivity index (χ0) is 17.5. The van der Waals surface area contributed by atoms with Crippen molar-refractivity contribution >= 4 is 23.3 Å². The fourth-order valence-corrected chi connectivity index (χ4v) is 3.62. The smallest absolute Gasteiger partial charge is 0.319 e. The van der Waals surface area contributed by atoms with Crippen LogP contribution in [-0.2, 0) is 4.79 Å². The van der Waals surface area contributed by atoms with Crippen molar-refractivity contribution in [3.05, 3.63) is 24.3 Å². The lowest BCUT2D eigenvalue weighted by Gasteiger charge is -2.15. The monoisotopic (exact) mass is 344 g/mol. The second-order valence-electron chi connectivity index (χ2n) is 6.98. The van der Waals surface area contributed by atoms with Crippen LogP contribution >= 0.6 is 0 Å². The van der Waals surface area contributed by atoms with Gasteiger partial charge in [0.15, 0.2) is 0 Å². The van der Waals surface area contributed by atoms with Gasteiger partial charge in [-0.3, -0.25) is 4.79 Å². The van der Waals surface area contributed by atoms with E-state index in [1.807, 2.05) is 18.2 Å². The lowest BCUT2D eigenvalue weighted by Crippen LogP contribution is -2.35. The van der Waals surface area contributed by atoms with Crippen molar-refractivity contribution < 1.29 is 9.59 Å². The van der Waals surface area contributed by atoms with E-state index in [0.717, 1.165) is 51.0 Å². The van der Waals surface area contributed by atoms with Crippen molar-refractivity contribution in [2.45, 2.75) is 38.5 Å². The molecule has 6 heteroatoms. The van der Waals surface area contributed by atoms with Crippen LogP contribution in [0.25, 0.3) is 0 Å². The summed E-state index contributed by atoms with van der Waals surface area (Å²) in [5.41, 5.74) is 1.41. The van der Waals surface area contributed by atoms with Crippen molar-refractivity contribution in [3.8, 4) is 0 Å². The molecule has 25 heavy (non-hydrogen) atoms. The van der Waals surface area contributed by atoms with Crippen LogP contribution in [0.1, 0.15) is 38.5 Å². The first-order valence-electron chi connectivity index (χ1n) is 9.39. The van der Waals surface area contributed by atoms with Crippen LogP contribution in [0.4, 0.5) is 16.2 Å². The zero-order valence-electron chi connectivity index (χ0n) is 14.7. The van der Waals surface area contributed by atoms with Crippen LogP contribution in [0.15, 0.2) is 24.3 Å². The number of hydrogen-bond acceptors (Lipinski definition) is 3. The van der Waals surface area contributed by atoms with E-state index in [2.05, 4.69) is 20.9 Å². The Labute approximate surface area is 149 Å². The molecule has 0 bridgehead atoms. The third-order valence-electron chi connectivity index (χ3n) is 5.03. The Bertz CT molecular complexity index is 593. The quantitative estimate of drug-likeness (QED) is 0.743. The van der Waals surface area contributed by atoms with Crippen molar-refractivity contribution in [3.63, 3.8) is 0 Å². The minimum Gasteiger partial charge on any atom is -0.337 e. The molecular formula is C19H28N4O2. The maximum Gasteiger partial charge on any atom is 0.319 e. The highest BCUT2D eigenvalue weighted by Crippen LogP contribution is 2.26. The van der Waals surface area contributed by atoms with E-state index in [1.165, 1.54) is 12.8 Å². The number of hydrogen-bond donors (Lipinski definition) is 3. The zero-order valence-corrected chi connectivity index (χ0v) is 14.7. The second kappa shape index (κ2) is 8.85. The van der Waals surface area contributed by atoms with Gasteiger partial charge in [-0.25, -0.2) is 4.79 Å². The lowest BCUT2D eigenvalue weighted by molar-refractivity contribution is -0.119. The minimum atomic E-state index is -0.210. The number of urea groups is 1. The average molecular weight is 344 g/mol. The van der Waals surface area contributed by atoms with Crippen LogP contribution in [0.2, 0.25) is 0 Å². The summed E-state index contributed by atoms with van der Waals surface area (Å²) in [7, 11) is 0. The van der Waals surface area contributed by atoms with Gasteiger partial charge in [0.1, 0.15) is 0 Å². The number of likely N-dealkylation sites (tertiary alicyclic amines) is 1. The number of nitrogens with one attached hydrogen (secondary N) is 3. The SMILES string of the molecule is O=C(NCCN1CCCC1)Nc1cccc(NC(=O)C2CCCC2)c1. The predicted octanol–water partition coefficient (Wildman–Crippen LogP) is 3.03. The maximum absolute atomic E-state index is 12.2. The molecule has 1 aromatic carbocycles. The molecule has 0 atom stereocenters. The normalized spacial score (nSPS) is 18.2. The van der Waals surface area contributed by atoms with E-state index in [1.54, 1.807) is 6.07 Å². The van der Waals surface area contributed by atoms with E-state index in [-0.39, 0.29) is 17.9 Å². The molecule has 1 aromatic rings. The molecular weight excluding hydrogens is 316 g/mol. The van der Waals surface area contributed by atoms with Gasteiger partial charge in [0.2, 0.25) is 5.91 Å². The van der Waals surface area contributed by atoms with Gasteiger partial charge in [0, 0.05) is 30.4 Å². The van der Waals surface area contributed by atoms with Crippen LogP contribution in [0, 0.1) is 5.92 Å². The van der Waals surface area contributed by atoms with E-state index >= 15 is 0 Å². The van der Waals surface area contributed by atoms with Crippen LogP contribution in [-0.4, -0.2) is 43.0 Å². The maximum atomic E-state index is 12.2. The minimum absolute atomic E-state index is 0.0877. The van der Waals surface area contributed by atoms with Crippen molar-refractivity contribution in [1.82, 2.24) is 10.2 Å². The summed E-state index contributed by atoms with van der Waals surface area (Å²) in [4.78, 5) is 26.6. The number of rotatable bonds is 6. The summed E-state index contributed by atoms with van der Waals surface area (Å²) >= 11 is 0. The van der Waals surface area contributed by atoms with E-state index in [0.29, 0.717) is 12.2 Å². The number of benzene rings is 1. The summed E-state index contributed by atoms with van der Waals surface area (Å²) in [6.45, 7) is 3.80. The fourth-order valence-electron chi connectivity index (χ4n) is 3.62. The van der Waals surface area contributed by atoms with E-state index in [4.69, 9.17) is 0 Å². The molecule has 0 unspecified atom stereocenters. The summed E-state index contributed by atoms with van der Waals surface area (Å²) in [5.74, 6) is 0.218. The Kier molecular flexibility index (Phi) is 6.28. The predicted molar refractivity (Wildman–Crippen MR) is 99.7 cm³/mol. The molecule has 136 valence electrons. The Hall–Kier alpha value is -2.08. The molecule has 6 nitrogen and oxygen atoms in total. The summed E-state index contributed by atoms with van der Waals surface area (Å²) in [5, 5.41) is 8.68. The van der Waals surface area contributed by atoms with Gasteiger partial charge in [0.05, 0.1) is 0 Å². The Morgan fingerprint density at radius 3 is 2.40 bits per heavy atom. The van der Waals surface area contributed by atoms with E-state index < -0.39 is 0 Å². The average Bonchev–Trinajstić information content (AvgIpc) is 3.29.